The maximum absolute atomic E-state index is 13.3. The molecule has 1 heterocycles. The van der Waals surface area contributed by atoms with Gasteiger partial charge in [-0.25, -0.2) is 0 Å². The number of furan rings is 1. The van der Waals surface area contributed by atoms with Crippen LogP contribution in [0.15, 0.2) is 80.6 Å². The Morgan fingerprint density at radius 1 is 1.03 bits per heavy atom. The Morgan fingerprint density at radius 2 is 1.71 bits per heavy atom. The lowest BCUT2D eigenvalue weighted by Crippen LogP contribution is -2.04. The summed E-state index contributed by atoms with van der Waals surface area (Å²) in [5.41, 5.74) is 2.40. The first-order chi connectivity index (χ1) is 14.9. The minimum Gasteiger partial charge on any atom is -0.506 e. The van der Waals surface area contributed by atoms with E-state index in [1.165, 1.54) is 0 Å². The number of rotatable bonds is 6. The molecule has 1 aromatic heterocycles. The zero-order valence-electron chi connectivity index (χ0n) is 16.6. The van der Waals surface area contributed by atoms with E-state index in [1.54, 1.807) is 24.3 Å². The summed E-state index contributed by atoms with van der Waals surface area (Å²) in [5.74, 6) is 1.56. The Morgan fingerprint density at radius 3 is 2.35 bits per heavy atom. The Kier molecular flexibility index (Phi) is 6.03. The molecule has 3 aromatic carbocycles. The standard InChI is InChI=1S/C25H18Br2O4/c1-3-21-23(24(28)16-11-19(26)25(29)20(27)12-16)18-10-9-17(13-22(18)31-21)30-14(2)15-7-5-4-6-8-15/h4-13,29H,2-3H2,1H3. The quantitative estimate of drug-likeness (QED) is 0.203. The van der Waals surface area contributed by atoms with E-state index in [9.17, 15) is 9.90 Å². The van der Waals surface area contributed by atoms with Gasteiger partial charge in [-0.2, -0.15) is 0 Å². The van der Waals surface area contributed by atoms with E-state index in [0.29, 0.717) is 54.7 Å². The fraction of sp³-hybridized carbons (Fsp3) is 0.0800. The molecule has 0 amide bonds. The third kappa shape index (κ3) is 4.18. The highest BCUT2D eigenvalue weighted by molar-refractivity contribution is 9.11. The van der Waals surface area contributed by atoms with Crippen molar-refractivity contribution in [1.29, 1.82) is 0 Å². The number of phenolic OH excluding ortho intramolecular Hbond substituents is 1. The van der Waals surface area contributed by atoms with E-state index in [-0.39, 0.29) is 11.5 Å². The van der Waals surface area contributed by atoms with Crippen molar-refractivity contribution < 1.29 is 19.1 Å². The minimum absolute atomic E-state index is 0.0461. The number of hydrogen-bond donors (Lipinski definition) is 1. The van der Waals surface area contributed by atoms with Crippen molar-refractivity contribution in [3.05, 3.63) is 98.6 Å². The van der Waals surface area contributed by atoms with Crippen molar-refractivity contribution in [3.8, 4) is 11.5 Å². The fourth-order valence-corrected chi connectivity index (χ4v) is 4.54. The number of ketones is 1. The van der Waals surface area contributed by atoms with Gasteiger partial charge in [0.15, 0.2) is 5.78 Å². The highest BCUT2D eigenvalue weighted by Crippen LogP contribution is 2.36. The molecule has 0 aliphatic carbocycles. The molecule has 6 heteroatoms. The van der Waals surface area contributed by atoms with Crippen LogP contribution in [0.2, 0.25) is 0 Å². The third-order valence-corrected chi connectivity index (χ3v) is 6.11. The van der Waals surface area contributed by atoms with Crippen LogP contribution in [0.1, 0.15) is 34.2 Å². The molecule has 1 N–H and O–H groups in total. The van der Waals surface area contributed by atoms with Gasteiger partial charge in [-0.1, -0.05) is 43.8 Å². The predicted octanol–water partition coefficient (Wildman–Crippen LogP) is 7.51. The van der Waals surface area contributed by atoms with Crippen molar-refractivity contribution in [1.82, 2.24) is 0 Å². The maximum atomic E-state index is 13.3. The highest BCUT2D eigenvalue weighted by Gasteiger charge is 2.23. The van der Waals surface area contributed by atoms with Crippen LogP contribution in [0.5, 0.6) is 11.5 Å². The number of benzene rings is 3. The number of carbonyl (C=O) groups is 1. The first-order valence-corrected chi connectivity index (χ1v) is 11.2. The van der Waals surface area contributed by atoms with Crippen molar-refractivity contribution in [3.63, 3.8) is 0 Å². The predicted molar refractivity (Wildman–Crippen MR) is 129 cm³/mol. The van der Waals surface area contributed by atoms with E-state index in [0.717, 1.165) is 5.56 Å². The summed E-state index contributed by atoms with van der Waals surface area (Å²) >= 11 is 6.57. The molecule has 4 nitrogen and oxygen atoms in total. The topological polar surface area (TPSA) is 59.7 Å². The van der Waals surface area contributed by atoms with Crippen molar-refractivity contribution in [2.24, 2.45) is 0 Å². The van der Waals surface area contributed by atoms with Gasteiger partial charge < -0.3 is 14.3 Å². The molecule has 0 bridgehead atoms. The van der Waals surface area contributed by atoms with Gasteiger partial charge in [-0.05, 0) is 56.1 Å². The number of ether oxygens (including phenoxy) is 1. The lowest BCUT2D eigenvalue weighted by Gasteiger charge is -2.09. The van der Waals surface area contributed by atoms with Crippen LogP contribution in [0.3, 0.4) is 0 Å². The normalized spacial score (nSPS) is 10.9. The number of aryl methyl sites for hydroxylation is 1. The van der Waals surface area contributed by atoms with Crippen LogP contribution in [0.25, 0.3) is 16.7 Å². The Labute approximate surface area is 196 Å². The largest absolute Gasteiger partial charge is 0.506 e. The van der Waals surface area contributed by atoms with Gasteiger partial charge in [-0.3, -0.25) is 4.79 Å². The Hall–Kier alpha value is -2.83. The van der Waals surface area contributed by atoms with Gasteiger partial charge in [0.1, 0.15) is 28.6 Å². The number of halogens is 2. The zero-order chi connectivity index (χ0) is 22.1. The van der Waals surface area contributed by atoms with Gasteiger partial charge >= 0.3 is 0 Å². The molecule has 31 heavy (non-hydrogen) atoms. The molecule has 0 fully saturated rings. The van der Waals surface area contributed by atoms with E-state index >= 15 is 0 Å². The summed E-state index contributed by atoms with van der Waals surface area (Å²) in [6.07, 6.45) is 0.559. The molecular weight excluding hydrogens is 524 g/mol. The SMILES string of the molecule is C=C(Oc1ccc2c(C(=O)c3cc(Br)c(O)c(Br)c3)c(CC)oc2c1)c1ccccc1. The number of carbonyl (C=O) groups excluding carboxylic acids is 1. The molecule has 0 unspecified atom stereocenters. The van der Waals surface area contributed by atoms with Gasteiger partial charge in [0.25, 0.3) is 0 Å². The number of aromatic hydroxyl groups is 1. The number of hydrogen-bond acceptors (Lipinski definition) is 4. The van der Waals surface area contributed by atoms with Crippen LogP contribution >= 0.6 is 31.9 Å². The lowest BCUT2D eigenvalue weighted by atomic mass is 9.99. The van der Waals surface area contributed by atoms with Crippen LogP contribution < -0.4 is 4.74 Å². The molecule has 4 rings (SSSR count). The molecule has 0 spiro atoms. The second-order valence-electron chi connectivity index (χ2n) is 6.92. The molecular formula is C25H18Br2O4. The summed E-state index contributed by atoms with van der Waals surface area (Å²) in [7, 11) is 0. The van der Waals surface area contributed by atoms with E-state index in [4.69, 9.17) is 9.15 Å². The average molecular weight is 542 g/mol. The van der Waals surface area contributed by atoms with Gasteiger partial charge in [0, 0.05) is 29.0 Å². The molecule has 0 saturated carbocycles. The van der Waals surface area contributed by atoms with Gasteiger partial charge in [0.2, 0.25) is 0 Å². The lowest BCUT2D eigenvalue weighted by molar-refractivity contribution is 0.103. The van der Waals surface area contributed by atoms with Crippen LogP contribution in [0.4, 0.5) is 0 Å². The summed E-state index contributed by atoms with van der Waals surface area (Å²) < 4.78 is 12.8. The molecule has 0 atom stereocenters. The summed E-state index contributed by atoms with van der Waals surface area (Å²) in [6, 6.07) is 18.2. The van der Waals surface area contributed by atoms with Gasteiger partial charge in [-0.15, -0.1) is 0 Å². The molecule has 4 aromatic rings. The zero-order valence-corrected chi connectivity index (χ0v) is 19.8. The molecule has 0 aliphatic heterocycles. The number of fused-ring (bicyclic) bond motifs is 1. The van der Waals surface area contributed by atoms with E-state index < -0.39 is 0 Å². The number of phenols is 1. The molecule has 0 radical (unpaired) electrons. The van der Waals surface area contributed by atoms with Crippen molar-refractivity contribution in [2.45, 2.75) is 13.3 Å². The highest BCUT2D eigenvalue weighted by atomic mass is 79.9. The van der Waals surface area contributed by atoms with Crippen molar-refractivity contribution in [2.75, 3.05) is 0 Å². The third-order valence-electron chi connectivity index (χ3n) is 4.90. The Balaban J connectivity index is 1.72. The van der Waals surface area contributed by atoms with Crippen molar-refractivity contribution >= 4 is 54.4 Å². The monoisotopic (exact) mass is 540 g/mol. The first-order valence-electron chi connectivity index (χ1n) is 9.59. The van der Waals surface area contributed by atoms with Crippen LogP contribution in [0, 0.1) is 0 Å². The summed E-state index contributed by atoms with van der Waals surface area (Å²) in [6.45, 7) is 5.93. The first kappa shape index (κ1) is 21.4. The smallest absolute Gasteiger partial charge is 0.197 e. The van der Waals surface area contributed by atoms with E-state index in [2.05, 4.69) is 38.4 Å². The second-order valence-corrected chi connectivity index (χ2v) is 8.63. The summed E-state index contributed by atoms with van der Waals surface area (Å²) in [5, 5.41) is 10.7. The van der Waals surface area contributed by atoms with Crippen LogP contribution in [-0.2, 0) is 6.42 Å². The average Bonchev–Trinajstić information content (AvgIpc) is 3.15. The van der Waals surface area contributed by atoms with Gasteiger partial charge in [0.05, 0.1) is 14.5 Å². The maximum Gasteiger partial charge on any atom is 0.197 e. The summed E-state index contributed by atoms with van der Waals surface area (Å²) in [4.78, 5) is 13.3. The van der Waals surface area contributed by atoms with E-state index in [1.807, 2.05) is 43.3 Å². The Bertz CT molecular complexity index is 1280. The molecule has 156 valence electrons. The second kappa shape index (κ2) is 8.73. The fourth-order valence-electron chi connectivity index (χ4n) is 3.36. The minimum atomic E-state index is -0.181. The van der Waals surface area contributed by atoms with Crippen LogP contribution in [-0.4, -0.2) is 10.9 Å². The molecule has 0 saturated heterocycles. The molecule has 0 aliphatic rings.